The van der Waals surface area contributed by atoms with Crippen molar-refractivity contribution < 1.29 is 4.39 Å². The third-order valence-corrected chi connectivity index (χ3v) is 2.80. The van der Waals surface area contributed by atoms with Gasteiger partial charge in [-0.1, -0.05) is 20.8 Å². The van der Waals surface area contributed by atoms with Gasteiger partial charge in [0.05, 0.1) is 12.7 Å². The van der Waals surface area contributed by atoms with Crippen LogP contribution in [-0.2, 0) is 18.4 Å². The van der Waals surface area contributed by atoms with Crippen molar-refractivity contribution in [1.82, 2.24) is 9.78 Å². The number of rotatable bonds is 5. The fraction of sp³-hybridized carbons (Fsp3) is 0.692. The van der Waals surface area contributed by atoms with Crippen molar-refractivity contribution >= 4 is 0 Å². The molecule has 1 heterocycles. The molecule has 0 bridgehead atoms. The number of hydrogen-bond donors (Lipinski definition) is 1. The van der Waals surface area contributed by atoms with E-state index in [0.717, 1.165) is 5.69 Å². The molecule has 0 aliphatic rings. The number of aromatic nitrogens is 2. The van der Waals surface area contributed by atoms with E-state index in [4.69, 9.17) is 5.26 Å². The van der Waals surface area contributed by atoms with Gasteiger partial charge in [0, 0.05) is 29.6 Å². The first-order valence-electron chi connectivity index (χ1n) is 6.17. The predicted molar refractivity (Wildman–Crippen MR) is 68.3 cm³/mol. The Bertz CT molecular complexity index is 488. The van der Waals surface area contributed by atoms with E-state index in [0.29, 0.717) is 31.4 Å². The maximum atomic E-state index is 12.2. The molecule has 1 aromatic rings. The Morgan fingerprint density at radius 3 is 2.61 bits per heavy atom. The van der Waals surface area contributed by atoms with Crippen LogP contribution in [0.2, 0.25) is 0 Å². The van der Waals surface area contributed by atoms with E-state index in [9.17, 15) is 9.18 Å². The zero-order chi connectivity index (χ0) is 13.8. The van der Waals surface area contributed by atoms with Gasteiger partial charge in [0.15, 0.2) is 0 Å². The summed E-state index contributed by atoms with van der Waals surface area (Å²) in [7, 11) is 0. The number of nitriles is 1. The summed E-state index contributed by atoms with van der Waals surface area (Å²) in [5.74, 6) is 0. The van der Waals surface area contributed by atoms with Crippen molar-refractivity contribution in [3.63, 3.8) is 0 Å². The first-order chi connectivity index (χ1) is 8.41. The molecular weight excluding hydrogens is 233 g/mol. The number of halogens is 1. The summed E-state index contributed by atoms with van der Waals surface area (Å²) in [6.45, 7) is 5.93. The molecule has 0 aliphatic carbocycles. The van der Waals surface area contributed by atoms with E-state index in [-0.39, 0.29) is 11.0 Å². The summed E-state index contributed by atoms with van der Waals surface area (Å²) < 4.78 is 13.6. The number of aromatic amines is 1. The van der Waals surface area contributed by atoms with Crippen LogP contribution < -0.4 is 5.56 Å². The second kappa shape index (κ2) is 5.85. The summed E-state index contributed by atoms with van der Waals surface area (Å²) >= 11 is 0. The third kappa shape index (κ3) is 3.22. The molecule has 0 saturated heterocycles. The zero-order valence-electron chi connectivity index (χ0n) is 11.2. The van der Waals surface area contributed by atoms with Crippen LogP contribution in [0.4, 0.5) is 4.39 Å². The fourth-order valence-electron chi connectivity index (χ4n) is 1.93. The van der Waals surface area contributed by atoms with E-state index in [1.54, 1.807) is 0 Å². The molecule has 1 N–H and O–H groups in total. The SMILES string of the molecule is CC(C)(C)c1[nH]n(CCCF)c(=O)c1CCC#N. The molecule has 0 aliphatic heterocycles. The summed E-state index contributed by atoms with van der Waals surface area (Å²) in [5, 5.41) is 11.7. The summed E-state index contributed by atoms with van der Waals surface area (Å²) in [4.78, 5) is 12.1. The van der Waals surface area contributed by atoms with Gasteiger partial charge in [0.2, 0.25) is 0 Å². The van der Waals surface area contributed by atoms with Crippen LogP contribution in [0.5, 0.6) is 0 Å². The minimum Gasteiger partial charge on any atom is -0.299 e. The van der Waals surface area contributed by atoms with Crippen LogP contribution in [0.15, 0.2) is 4.79 Å². The molecule has 18 heavy (non-hydrogen) atoms. The van der Waals surface area contributed by atoms with Gasteiger partial charge in [-0.3, -0.25) is 19.0 Å². The van der Waals surface area contributed by atoms with Gasteiger partial charge in [-0.25, -0.2) is 0 Å². The Balaban J connectivity index is 3.15. The normalized spacial score (nSPS) is 11.5. The van der Waals surface area contributed by atoms with Gasteiger partial charge in [0.1, 0.15) is 0 Å². The number of aryl methyl sites for hydroxylation is 1. The molecule has 0 saturated carbocycles. The molecule has 0 aromatic carbocycles. The Kier molecular flexibility index (Phi) is 4.71. The molecular formula is C13H20FN3O. The second-order valence-electron chi connectivity index (χ2n) is 5.37. The topological polar surface area (TPSA) is 61.6 Å². The molecule has 0 amide bonds. The highest BCUT2D eigenvalue weighted by atomic mass is 19.1. The summed E-state index contributed by atoms with van der Waals surface area (Å²) in [6, 6.07) is 2.05. The van der Waals surface area contributed by atoms with Gasteiger partial charge in [-0.2, -0.15) is 5.26 Å². The molecule has 1 aromatic heterocycles. The van der Waals surface area contributed by atoms with Crippen molar-refractivity contribution in [2.75, 3.05) is 6.67 Å². The van der Waals surface area contributed by atoms with Gasteiger partial charge >= 0.3 is 0 Å². The monoisotopic (exact) mass is 253 g/mol. The minimum absolute atomic E-state index is 0.122. The Hall–Kier alpha value is -1.57. The van der Waals surface area contributed by atoms with Crippen molar-refractivity contribution in [2.24, 2.45) is 0 Å². The van der Waals surface area contributed by atoms with E-state index in [1.165, 1.54) is 4.68 Å². The van der Waals surface area contributed by atoms with Crippen molar-refractivity contribution in [3.05, 3.63) is 21.6 Å². The van der Waals surface area contributed by atoms with Crippen molar-refractivity contribution in [1.29, 1.82) is 5.26 Å². The van der Waals surface area contributed by atoms with E-state index in [2.05, 4.69) is 11.2 Å². The Morgan fingerprint density at radius 2 is 2.11 bits per heavy atom. The number of alkyl halides is 1. The highest BCUT2D eigenvalue weighted by Gasteiger charge is 2.23. The molecule has 4 nitrogen and oxygen atoms in total. The van der Waals surface area contributed by atoms with Crippen molar-refractivity contribution in [2.45, 2.75) is 52.0 Å². The van der Waals surface area contributed by atoms with Crippen molar-refractivity contribution in [3.8, 4) is 6.07 Å². The van der Waals surface area contributed by atoms with Crippen LogP contribution in [-0.4, -0.2) is 16.5 Å². The first-order valence-corrected chi connectivity index (χ1v) is 6.17. The van der Waals surface area contributed by atoms with Gasteiger partial charge in [-0.05, 0) is 12.8 Å². The lowest BCUT2D eigenvalue weighted by Crippen LogP contribution is -2.19. The summed E-state index contributed by atoms with van der Waals surface area (Å²) in [5.41, 5.74) is 1.19. The lowest BCUT2D eigenvalue weighted by molar-refractivity contribution is 0.426. The van der Waals surface area contributed by atoms with Crippen LogP contribution in [0.1, 0.15) is 44.9 Å². The summed E-state index contributed by atoms with van der Waals surface area (Å²) in [6.07, 6.45) is 1.09. The first kappa shape index (κ1) is 14.5. The number of hydrogen-bond acceptors (Lipinski definition) is 2. The van der Waals surface area contributed by atoms with Gasteiger partial charge < -0.3 is 0 Å². The average Bonchev–Trinajstić information content (AvgIpc) is 2.61. The largest absolute Gasteiger partial charge is 0.299 e. The molecule has 0 spiro atoms. The Morgan fingerprint density at radius 1 is 1.44 bits per heavy atom. The molecule has 0 unspecified atom stereocenters. The number of nitrogens with one attached hydrogen (secondary N) is 1. The smallest absolute Gasteiger partial charge is 0.269 e. The quantitative estimate of drug-likeness (QED) is 0.875. The fourth-order valence-corrected chi connectivity index (χ4v) is 1.93. The molecule has 0 radical (unpaired) electrons. The predicted octanol–water partition coefficient (Wildman–Crippen LogP) is 2.29. The molecule has 0 fully saturated rings. The molecule has 1 rings (SSSR count). The number of nitrogens with zero attached hydrogens (tertiary/aromatic N) is 2. The lowest BCUT2D eigenvalue weighted by atomic mass is 9.88. The van der Waals surface area contributed by atoms with Crippen LogP contribution in [0.3, 0.4) is 0 Å². The van der Waals surface area contributed by atoms with Gasteiger partial charge in [0.25, 0.3) is 5.56 Å². The molecule has 0 atom stereocenters. The van der Waals surface area contributed by atoms with Crippen LogP contribution in [0.25, 0.3) is 0 Å². The van der Waals surface area contributed by atoms with Crippen LogP contribution >= 0.6 is 0 Å². The zero-order valence-corrected chi connectivity index (χ0v) is 11.2. The molecule has 100 valence electrons. The lowest BCUT2D eigenvalue weighted by Gasteiger charge is -2.18. The second-order valence-corrected chi connectivity index (χ2v) is 5.37. The van der Waals surface area contributed by atoms with Gasteiger partial charge in [-0.15, -0.1) is 0 Å². The molecule has 5 heteroatoms. The maximum Gasteiger partial charge on any atom is 0.269 e. The number of H-pyrrole nitrogens is 1. The Labute approximate surface area is 106 Å². The standard InChI is InChI=1S/C13H20FN3O/c1-13(2,3)11-10(6-4-8-15)12(18)17(16-11)9-5-7-14/h16H,4-7,9H2,1-3H3. The highest BCUT2D eigenvalue weighted by molar-refractivity contribution is 5.25. The minimum atomic E-state index is -0.441. The van der Waals surface area contributed by atoms with E-state index >= 15 is 0 Å². The van der Waals surface area contributed by atoms with E-state index < -0.39 is 6.67 Å². The average molecular weight is 253 g/mol. The maximum absolute atomic E-state index is 12.2. The highest BCUT2D eigenvalue weighted by Crippen LogP contribution is 2.23. The van der Waals surface area contributed by atoms with E-state index in [1.807, 2.05) is 20.8 Å². The third-order valence-electron chi connectivity index (χ3n) is 2.80. The van der Waals surface area contributed by atoms with Crippen LogP contribution in [0, 0.1) is 11.3 Å².